The van der Waals surface area contributed by atoms with Gasteiger partial charge in [-0.15, -0.1) is 0 Å². The number of rotatable bonds is 7. The molecule has 0 aliphatic rings. The van der Waals surface area contributed by atoms with Gasteiger partial charge in [-0.2, -0.15) is 0 Å². The summed E-state index contributed by atoms with van der Waals surface area (Å²) in [6.45, 7) is 5.61. The topological polar surface area (TPSA) is 57.3 Å². The summed E-state index contributed by atoms with van der Waals surface area (Å²) in [5.74, 6) is 0.460. The molecular formula is C14H23ClN4O. The first-order valence-electron chi connectivity index (χ1n) is 6.79. The molecule has 0 radical (unpaired) electrons. The Hall–Kier alpha value is -1.33. The zero-order valence-corrected chi connectivity index (χ0v) is 13.3. The van der Waals surface area contributed by atoms with Crippen LogP contribution < -0.4 is 10.6 Å². The lowest BCUT2D eigenvalue weighted by atomic mass is 10.2. The van der Waals surface area contributed by atoms with Crippen LogP contribution in [0.1, 0.15) is 30.6 Å². The van der Waals surface area contributed by atoms with Crippen LogP contribution >= 0.6 is 11.6 Å². The Morgan fingerprint density at radius 3 is 2.75 bits per heavy atom. The monoisotopic (exact) mass is 298 g/mol. The number of nitrogens with zero attached hydrogens (tertiary/aromatic N) is 2. The van der Waals surface area contributed by atoms with Crippen molar-refractivity contribution < 1.29 is 4.79 Å². The van der Waals surface area contributed by atoms with Gasteiger partial charge in [0.1, 0.15) is 5.82 Å². The Balaban J connectivity index is 2.67. The Kier molecular flexibility index (Phi) is 6.75. The molecule has 1 heterocycles. The van der Waals surface area contributed by atoms with Crippen molar-refractivity contribution in [1.29, 1.82) is 0 Å². The highest BCUT2D eigenvalue weighted by Gasteiger charge is 2.12. The van der Waals surface area contributed by atoms with Gasteiger partial charge in [0.25, 0.3) is 5.91 Å². The number of pyridine rings is 1. The fourth-order valence-electron chi connectivity index (χ4n) is 1.84. The number of nitrogens with one attached hydrogen (secondary N) is 2. The van der Waals surface area contributed by atoms with Gasteiger partial charge in [0.2, 0.25) is 0 Å². The van der Waals surface area contributed by atoms with Crippen molar-refractivity contribution in [2.24, 2.45) is 0 Å². The third kappa shape index (κ3) is 5.35. The fraction of sp³-hybridized carbons (Fsp3) is 0.571. The Bertz CT molecular complexity index is 451. The lowest BCUT2D eigenvalue weighted by Gasteiger charge is -2.18. The number of carbonyl (C=O) groups is 1. The van der Waals surface area contributed by atoms with Crippen LogP contribution in [-0.2, 0) is 0 Å². The third-order valence-electron chi connectivity index (χ3n) is 2.66. The molecule has 2 N–H and O–H groups in total. The minimum atomic E-state index is -0.157. The highest BCUT2D eigenvalue weighted by molar-refractivity contribution is 6.33. The van der Waals surface area contributed by atoms with Gasteiger partial charge in [0.15, 0.2) is 0 Å². The van der Waals surface area contributed by atoms with Crippen LogP contribution in [0.25, 0.3) is 0 Å². The molecule has 0 bridgehead atoms. The van der Waals surface area contributed by atoms with Crippen molar-refractivity contribution in [3.05, 3.63) is 22.8 Å². The first-order chi connectivity index (χ1) is 9.43. The molecule has 0 aliphatic heterocycles. The molecule has 1 aromatic rings. The first kappa shape index (κ1) is 16.7. The minimum Gasteiger partial charge on any atom is -0.369 e. The van der Waals surface area contributed by atoms with Crippen LogP contribution in [0.2, 0.25) is 5.02 Å². The lowest BCUT2D eigenvalue weighted by molar-refractivity contribution is 0.0934. The normalized spacial score (nSPS) is 12.3. The molecule has 0 fully saturated rings. The summed E-state index contributed by atoms with van der Waals surface area (Å²) < 4.78 is 0. The van der Waals surface area contributed by atoms with Crippen LogP contribution in [0, 0.1) is 0 Å². The molecule has 1 unspecified atom stereocenters. The number of likely N-dealkylation sites (N-methyl/N-ethyl adjacent to an activating group) is 1. The predicted octanol–water partition coefficient (Wildman–Crippen LogP) is 2.24. The van der Waals surface area contributed by atoms with Gasteiger partial charge in [-0.3, -0.25) is 4.79 Å². The van der Waals surface area contributed by atoms with E-state index in [2.05, 4.69) is 22.5 Å². The van der Waals surface area contributed by atoms with Gasteiger partial charge in [-0.1, -0.05) is 18.5 Å². The van der Waals surface area contributed by atoms with E-state index in [1.54, 1.807) is 12.3 Å². The molecule has 0 saturated heterocycles. The molecule has 0 aromatic carbocycles. The van der Waals surface area contributed by atoms with Gasteiger partial charge in [0, 0.05) is 25.3 Å². The first-order valence-corrected chi connectivity index (χ1v) is 7.16. The van der Waals surface area contributed by atoms with Crippen molar-refractivity contribution in [2.45, 2.75) is 26.3 Å². The number of carbonyl (C=O) groups excluding carboxylic acids is 1. The highest BCUT2D eigenvalue weighted by atomic mass is 35.5. The minimum absolute atomic E-state index is 0.0640. The Morgan fingerprint density at radius 2 is 2.20 bits per heavy atom. The van der Waals surface area contributed by atoms with Gasteiger partial charge >= 0.3 is 0 Å². The highest BCUT2D eigenvalue weighted by Crippen LogP contribution is 2.20. The zero-order valence-electron chi connectivity index (χ0n) is 12.5. The van der Waals surface area contributed by atoms with E-state index in [1.165, 1.54) is 0 Å². The van der Waals surface area contributed by atoms with Gasteiger partial charge in [0.05, 0.1) is 10.6 Å². The summed E-state index contributed by atoms with van der Waals surface area (Å²) in [5.41, 5.74) is 0.475. The number of amides is 1. The molecule has 20 heavy (non-hydrogen) atoms. The van der Waals surface area contributed by atoms with Crippen LogP contribution in [0.4, 0.5) is 5.82 Å². The van der Waals surface area contributed by atoms with E-state index in [-0.39, 0.29) is 11.9 Å². The summed E-state index contributed by atoms with van der Waals surface area (Å²) in [6.07, 6.45) is 2.53. The van der Waals surface area contributed by atoms with E-state index in [1.807, 2.05) is 25.9 Å². The Labute approximate surface area is 125 Å². The van der Waals surface area contributed by atoms with Crippen molar-refractivity contribution in [3.63, 3.8) is 0 Å². The van der Waals surface area contributed by atoms with Crippen LogP contribution in [-0.4, -0.2) is 49.0 Å². The number of aromatic nitrogens is 1. The summed E-state index contributed by atoms with van der Waals surface area (Å²) in [5, 5.41) is 6.50. The average molecular weight is 299 g/mol. The molecule has 1 aromatic heterocycles. The lowest BCUT2D eigenvalue weighted by Crippen LogP contribution is -2.39. The zero-order chi connectivity index (χ0) is 15.1. The molecule has 6 heteroatoms. The molecule has 0 saturated carbocycles. The summed E-state index contributed by atoms with van der Waals surface area (Å²) in [4.78, 5) is 18.3. The fourth-order valence-corrected chi connectivity index (χ4v) is 2.07. The molecule has 0 aliphatic carbocycles. The molecule has 112 valence electrons. The standard InChI is InChI=1S/C14H23ClN4O/c1-5-6-16-13-12(15)7-11(8-17-13)14(20)18-10(2)9-19(3)4/h7-8,10H,5-6,9H2,1-4H3,(H,16,17)(H,18,20). The number of hydrogen-bond donors (Lipinski definition) is 2. The van der Waals surface area contributed by atoms with Crippen molar-refractivity contribution in [2.75, 3.05) is 32.5 Å². The number of anilines is 1. The van der Waals surface area contributed by atoms with E-state index in [0.29, 0.717) is 16.4 Å². The SMILES string of the molecule is CCCNc1ncc(C(=O)NC(C)CN(C)C)cc1Cl. The second kappa shape index (κ2) is 8.07. The Morgan fingerprint density at radius 1 is 1.50 bits per heavy atom. The quantitative estimate of drug-likeness (QED) is 0.810. The average Bonchev–Trinajstić information content (AvgIpc) is 2.36. The smallest absolute Gasteiger partial charge is 0.253 e. The van der Waals surface area contributed by atoms with E-state index >= 15 is 0 Å². The van der Waals surface area contributed by atoms with Gasteiger partial charge in [-0.25, -0.2) is 4.98 Å². The summed E-state index contributed by atoms with van der Waals surface area (Å²) in [7, 11) is 3.94. The van der Waals surface area contributed by atoms with Crippen molar-refractivity contribution >= 4 is 23.3 Å². The molecular weight excluding hydrogens is 276 g/mol. The largest absolute Gasteiger partial charge is 0.369 e. The number of hydrogen-bond acceptors (Lipinski definition) is 4. The maximum Gasteiger partial charge on any atom is 0.253 e. The van der Waals surface area contributed by atoms with Crippen LogP contribution in [0.5, 0.6) is 0 Å². The molecule has 1 amide bonds. The summed E-state index contributed by atoms with van der Waals surface area (Å²) >= 11 is 6.12. The number of halogens is 1. The maximum atomic E-state index is 12.1. The van der Waals surface area contributed by atoms with Crippen LogP contribution in [0.15, 0.2) is 12.3 Å². The van der Waals surface area contributed by atoms with Gasteiger partial charge in [-0.05, 0) is 33.5 Å². The van der Waals surface area contributed by atoms with Crippen molar-refractivity contribution in [1.82, 2.24) is 15.2 Å². The predicted molar refractivity (Wildman–Crippen MR) is 83.5 cm³/mol. The van der Waals surface area contributed by atoms with Gasteiger partial charge < -0.3 is 15.5 Å². The molecule has 0 spiro atoms. The van der Waals surface area contributed by atoms with Crippen molar-refractivity contribution in [3.8, 4) is 0 Å². The van der Waals surface area contributed by atoms with E-state index < -0.39 is 0 Å². The van der Waals surface area contributed by atoms with Crippen LogP contribution in [0.3, 0.4) is 0 Å². The van der Waals surface area contributed by atoms with E-state index in [0.717, 1.165) is 19.5 Å². The maximum absolute atomic E-state index is 12.1. The second-order valence-corrected chi connectivity index (χ2v) is 5.53. The second-order valence-electron chi connectivity index (χ2n) is 5.12. The molecule has 1 rings (SSSR count). The van der Waals surface area contributed by atoms with E-state index in [9.17, 15) is 4.79 Å². The molecule has 5 nitrogen and oxygen atoms in total. The third-order valence-corrected chi connectivity index (χ3v) is 2.95. The van der Waals surface area contributed by atoms with E-state index in [4.69, 9.17) is 11.6 Å². The summed E-state index contributed by atoms with van der Waals surface area (Å²) in [6, 6.07) is 1.71. The molecule has 1 atom stereocenters.